The number of amides is 1. The molecule has 2 aromatic carbocycles. The van der Waals surface area contributed by atoms with Gasteiger partial charge >= 0.3 is 0 Å². The first kappa shape index (κ1) is 13.2. The number of carbonyl (C=O) groups excluding carboxylic acids is 1. The maximum Gasteiger partial charge on any atom is 0.259 e. The van der Waals surface area contributed by atoms with Gasteiger partial charge in [0.15, 0.2) is 5.60 Å². The molecule has 0 saturated carbocycles. The second-order valence-corrected chi connectivity index (χ2v) is 4.04. The monoisotopic (exact) mass is 263 g/mol. The van der Waals surface area contributed by atoms with E-state index in [9.17, 15) is 18.7 Å². The van der Waals surface area contributed by atoms with E-state index in [1.54, 1.807) is 6.07 Å². The van der Waals surface area contributed by atoms with Crippen LogP contribution >= 0.6 is 0 Å². The zero-order valence-corrected chi connectivity index (χ0v) is 9.81. The second-order valence-electron chi connectivity index (χ2n) is 4.04. The molecule has 1 amide bonds. The number of primary amides is 1. The smallest absolute Gasteiger partial charge is 0.259 e. The lowest BCUT2D eigenvalue weighted by atomic mass is 9.85. The molecule has 2 aromatic rings. The van der Waals surface area contributed by atoms with Crippen molar-refractivity contribution in [1.29, 1.82) is 0 Å². The highest BCUT2D eigenvalue weighted by Gasteiger charge is 2.42. The molecular weight excluding hydrogens is 252 g/mol. The third-order valence-electron chi connectivity index (χ3n) is 2.87. The quantitative estimate of drug-likeness (QED) is 0.885. The predicted molar refractivity (Wildman–Crippen MR) is 65.0 cm³/mol. The summed E-state index contributed by atoms with van der Waals surface area (Å²) in [7, 11) is 0. The van der Waals surface area contributed by atoms with Crippen molar-refractivity contribution >= 4 is 5.91 Å². The van der Waals surface area contributed by atoms with Gasteiger partial charge in [-0.2, -0.15) is 0 Å². The molecule has 0 aliphatic rings. The van der Waals surface area contributed by atoms with Crippen LogP contribution in [-0.2, 0) is 10.4 Å². The fraction of sp³-hybridized carbons (Fsp3) is 0.0714. The minimum Gasteiger partial charge on any atom is -0.372 e. The number of hydrogen-bond donors (Lipinski definition) is 2. The van der Waals surface area contributed by atoms with Crippen molar-refractivity contribution < 1.29 is 18.7 Å². The number of aliphatic hydroxyl groups is 1. The van der Waals surface area contributed by atoms with Gasteiger partial charge in [-0.05, 0) is 17.7 Å². The highest BCUT2D eigenvalue weighted by molar-refractivity contribution is 5.88. The summed E-state index contributed by atoms with van der Waals surface area (Å²) < 4.78 is 27.6. The van der Waals surface area contributed by atoms with E-state index in [0.717, 1.165) is 18.2 Å². The Labute approximate surface area is 108 Å². The van der Waals surface area contributed by atoms with E-state index in [1.807, 2.05) is 0 Å². The molecule has 0 saturated heterocycles. The van der Waals surface area contributed by atoms with E-state index in [4.69, 9.17) is 5.73 Å². The summed E-state index contributed by atoms with van der Waals surface area (Å²) >= 11 is 0. The third kappa shape index (κ3) is 2.08. The van der Waals surface area contributed by atoms with Gasteiger partial charge in [0.2, 0.25) is 0 Å². The third-order valence-corrected chi connectivity index (χ3v) is 2.87. The fourth-order valence-electron chi connectivity index (χ4n) is 1.93. The van der Waals surface area contributed by atoms with E-state index < -0.39 is 28.7 Å². The SMILES string of the molecule is NC(=O)C(O)(c1ccccc1)c1c(F)cccc1F. The van der Waals surface area contributed by atoms with E-state index in [1.165, 1.54) is 24.3 Å². The average Bonchev–Trinajstić information content (AvgIpc) is 2.39. The van der Waals surface area contributed by atoms with E-state index >= 15 is 0 Å². The summed E-state index contributed by atoms with van der Waals surface area (Å²) in [6, 6.07) is 10.5. The Morgan fingerprint density at radius 1 is 1.00 bits per heavy atom. The molecule has 0 aliphatic carbocycles. The standard InChI is InChI=1S/C14H11F2NO2/c15-10-7-4-8-11(16)12(10)14(19,13(17)18)9-5-2-1-3-6-9/h1-8,19H,(H2,17,18). The Hall–Kier alpha value is -2.27. The van der Waals surface area contributed by atoms with Crippen LogP contribution < -0.4 is 5.73 Å². The van der Waals surface area contributed by atoms with Gasteiger partial charge in [0.1, 0.15) is 11.6 Å². The first-order valence-corrected chi connectivity index (χ1v) is 5.50. The molecule has 2 rings (SSSR count). The molecule has 5 heteroatoms. The molecule has 1 unspecified atom stereocenters. The summed E-state index contributed by atoms with van der Waals surface area (Å²) in [4.78, 5) is 11.6. The highest BCUT2D eigenvalue weighted by Crippen LogP contribution is 2.32. The van der Waals surface area contributed by atoms with Crippen molar-refractivity contribution in [3.8, 4) is 0 Å². The van der Waals surface area contributed by atoms with Gasteiger partial charge in [-0.15, -0.1) is 0 Å². The van der Waals surface area contributed by atoms with Gasteiger partial charge in [0, 0.05) is 0 Å². The minimum atomic E-state index is -2.54. The van der Waals surface area contributed by atoms with Crippen molar-refractivity contribution in [3.63, 3.8) is 0 Å². The molecule has 3 N–H and O–H groups in total. The molecule has 1 atom stereocenters. The molecule has 0 bridgehead atoms. The topological polar surface area (TPSA) is 63.3 Å². The van der Waals surface area contributed by atoms with Crippen LogP contribution in [-0.4, -0.2) is 11.0 Å². The number of halogens is 2. The summed E-state index contributed by atoms with van der Waals surface area (Å²) in [6.07, 6.45) is 0. The maximum absolute atomic E-state index is 13.8. The number of nitrogens with two attached hydrogens (primary N) is 1. The Kier molecular flexibility index (Phi) is 3.31. The predicted octanol–water partition coefficient (Wildman–Crippen LogP) is 1.69. The Bertz CT molecular complexity index is 596. The second kappa shape index (κ2) is 4.78. The van der Waals surface area contributed by atoms with Crippen LogP contribution in [0.15, 0.2) is 48.5 Å². The van der Waals surface area contributed by atoms with Crippen LogP contribution in [0.4, 0.5) is 8.78 Å². The van der Waals surface area contributed by atoms with Crippen molar-refractivity contribution in [1.82, 2.24) is 0 Å². The molecule has 0 radical (unpaired) electrons. The van der Waals surface area contributed by atoms with Crippen molar-refractivity contribution in [3.05, 3.63) is 71.3 Å². The molecule has 98 valence electrons. The lowest BCUT2D eigenvalue weighted by Crippen LogP contribution is -2.43. The first-order chi connectivity index (χ1) is 8.98. The summed E-state index contributed by atoms with van der Waals surface area (Å²) in [5, 5.41) is 10.4. The van der Waals surface area contributed by atoms with Gasteiger partial charge in [-0.1, -0.05) is 36.4 Å². The summed E-state index contributed by atoms with van der Waals surface area (Å²) in [5.41, 5.74) is 1.84. The van der Waals surface area contributed by atoms with Crippen LogP contribution in [0.25, 0.3) is 0 Å². The lowest BCUT2D eigenvalue weighted by Gasteiger charge is -2.26. The van der Waals surface area contributed by atoms with E-state index in [0.29, 0.717) is 0 Å². The van der Waals surface area contributed by atoms with Crippen molar-refractivity contribution in [2.45, 2.75) is 5.60 Å². The van der Waals surface area contributed by atoms with Crippen molar-refractivity contribution in [2.24, 2.45) is 5.73 Å². The molecular formula is C14H11F2NO2. The van der Waals surface area contributed by atoms with Crippen LogP contribution in [0.1, 0.15) is 11.1 Å². The van der Waals surface area contributed by atoms with Crippen LogP contribution in [0.2, 0.25) is 0 Å². The largest absolute Gasteiger partial charge is 0.372 e. The van der Waals surface area contributed by atoms with Gasteiger partial charge in [-0.3, -0.25) is 4.79 Å². The van der Waals surface area contributed by atoms with E-state index in [2.05, 4.69) is 0 Å². The molecule has 19 heavy (non-hydrogen) atoms. The van der Waals surface area contributed by atoms with Gasteiger partial charge in [0.05, 0.1) is 5.56 Å². The first-order valence-electron chi connectivity index (χ1n) is 5.50. The van der Waals surface area contributed by atoms with Crippen LogP contribution in [0, 0.1) is 11.6 Å². The van der Waals surface area contributed by atoms with Crippen molar-refractivity contribution in [2.75, 3.05) is 0 Å². The Morgan fingerprint density at radius 2 is 1.53 bits per heavy atom. The van der Waals surface area contributed by atoms with E-state index in [-0.39, 0.29) is 5.56 Å². The Balaban J connectivity index is 2.75. The summed E-state index contributed by atoms with van der Waals surface area (Å²) in [6.45, 7) is 0. The zero-order chi connectivity index (χ0) is 14.0. The highest BCUT2D eigenvalue weighted by atomic mass is 19.1. The van der Waals surface area contributed by atoms with Crippen LogP contribution in [0.5, 0.6) is 0 Å². The number of rotatable bonds is 3. The minimum absolute atomic E-state index is 0.00602. The molecule has 0 aromatic heterocycles. The maximum atomic E-state index is 13.8. The fourth-order valence-corrected chi connectivity index (χ4v) is 1.93. The normalized spacial score (nSPS) is 13.8. The zero-order valence-electron chi connectivity index (χ0n) is 9.81. The number of hydrogen-bond acceptors (Lipinski definition) is 2. The van der Waals surface area contributed by atoms with Gasteiger partial charge < -0.3 is 10.8 Å². The molecule has 0 heterocycles. The molecule has 0 fully saturated rings. The van der Waals surface area contributed by atoms with Gasteiger partial charge in [-0.25, -0.2) is 8.78 Å². The number of carbonyl (C=O) groups is 1. The molecule has 0 spiro atoms. The molecule has 0 aliphatic heterocycles. The lowest BCUT2D eigenvalue weighted by molar-refractivity contribution is -0.133. The summed E-state index contributed by atoms with van der Waals surface area (Å²) in [5.74, 6) is -3.32. The van der Waals surface area contributed by atoms with Crippen LogP contribution in [0.3, 0.4) is 0 Å². The average molecular weight is 263 g/mol. The Morgan fingerprint density at radius 3 is 2.00 bits per heavy atom. The number of benzene rings is 2. The molecule has 3 nitrogen and oxygen atoms in total. The van der Waals surface area contributed by atoms with Gasteiger partial charge in [0.25, 0.3) is 5.91 Å².